The second kappa shape index (κ2) is 6.30. The Kier molecular flexibility index (Phi) is 4.98. The van der Waals surface area contributed by atoms with Crippen molar-refractivity contribution >= 4 is 23.2 Å². The lowest BCUT2D eigenvalue weighted by Gasteiger charge is -2.06. The zero-order chi connectivity index (χ0) is 11.1. The topological polar surface area (TPSA) is 38.3 Å². The molecule has 82 valence electrons. The van der Waals surface area contributed by atoms with E-state index in [4.69, 9.17) is 16.3 Å². The van der Waals surface area contributed by atoms with Crippen LogP contribution in [0.1, 0.15) is 13.3 Å². The number of ether oxygens (including phenoxy) is 1. The van der Waals surface area contributed by atoms with Gasteiger partial charge in [0.05, 0.1) is 6.61 Å². The molecule has 0 saturated heterocycles. The molecule has 0 spiro atoms. The molecule has 0 aliphatic heterocycles. The molecule has 1 rings (SSSR count). The number of amides is 1. The van der Waals surface area contributed by atoms with Crippen LogP contribution in [0.4, 0.5) is 5.69 Å². The van der Waals surface area contributed by atoms with Crippen molar-refractivity contribution in [1.82, 2.24) is 0 Å². The molecule has 4 heteroatoms. The molecule has 0 aliphatic carbocycles. The minimum atomic E-state index is -0.209. The zero-order valence-electron chi connectivity index (χ0n) is 8.63. The van der Waals surface area contributed by atoms with Gasteiger partial charge in [-0.2, -0.15) is 0 Å². The summed E-state index contributed by atoms with van der Waals surface area (Å²) >= 11 is 5.36. The Balaban J connectivity index is 2.52. The van der Waals surface area contributed by atoms with Gasteiger partial charge < -0.3 is 10.1 Å². The van der Waals surface area contributed by atoms with Crippen molar-refractivity contribution in [3.8, 4) is 5.75 Å². The minimum absolute atomic E-state index is 0.0336. The van der Waals surface area contributed by atoms with E-state index in [9.17, 15) is 4.79 Å². The number of nitrogens with one attached hydrogen (secondary N) is 1. The normalized spacial score (nSPS) is 9.73. The van der Waals surface area contributed by atoms with Crippen molar-refractivity contribution in [3.05, 3.63) is 24.3 Å². The van der Waals surface area contributed by atoms with E-state index in [1.165, 1.54) is 0 Å². The monoisotopic (exact) mass is 227 g/mol. The average Bonchev–Trinajstić information content (AvgIpc) is 2.28. The van der Waals surface area contributed by atoms with Crippen LogP contribution in [0.25, 0.3) is 0 Å². The SMILES string of the molecule is CCCOc1ccc(NC(=O)CCl)cc1. The lowest BCUT2D eigenvalue weighted by atomic mass is 10.3. The quantitative estimate of drug-likeness (QED) is 0.786. The molecule has 0 fully saturated rings. The van der Waals surface area contributed by atoms with E-state index in [0.29, 0.717) is 6.61 Å². The highest BCUT2D eigenvalue weighted by Gasteiger charge is 1.99. The highest BCUT2D eigenvalue weighted by molar-refractivity contribution is 6.29. The summed E-state index contributed by atoms with van der Waals surface area (Å²) in [5.41, 5.74) is 0.726. The maximum Gasteiger partial charge on any atom is 0.239 e. The molecule has 0 atom stereocenters. The first-order valence-electron chi connectivity index (χ1n) is 4.85. The standard InChI is InChI=1S/C11H14ClNO2/c1-2-7-15-10-5-3-9(4-6-10)13-11(14)8-12/h3-6H,2,7-8H2,1H3,(H,13,14). The fourth-order valence-electron chi connectivity index (χ4n) is 1.05. The van der Waals surface area contributed by atoms with Crippen molar-refractivity contribution in [2.75, 3.05) is 17.8 Å². The predicted octanol–water partition coefficient (Wildman–Crippen LogP) is 2.65. The van der Waals surface area contributed by atoms with Gasteiger partial charge in [-0.15, -0.1) is 11.6 Å². The minimum Gasteiger partial charge on any atom is -0.494 e. The van der Waals surface area contributed by atoms with E-state index in [2.05, 4.69) is 12.2 Å². The number of benzene rings is 1. The molecule has 0 radical (unpaired) electrons. The highest BCUT2D eigenvalue weighted by atomic mass is 35.5. The van der Waals surface area contributed by atoms with Crippen LogP contribution < -0.4 is 10.1 Å². The molecule has 3 nitrogen and oxygen atoms in total. The molecule has 0 bridgehead atoms. The van der Waals surface area contributed by atoms with Crippen LogP contribution in [-0.4, -0.2) is 18.4 Å². The van der Waals surface area contributed by atoms with Crippen LogP contribution in [-0.2, 0) is 4.79 Å². The Bertz CT molecular complexity index is 311. The predicted molar refractivity (Wildman–Crippen MR) is 61.6 cm³/mol. The number of alkyl halides is 1. The van der Waals surface area contributed by atoms with Crippen LogP contribution in [0.3, 0.4) is 0 Å². The molecule has 0 saturated carbocycles. The molecular formula is C11H14ClNO2. The van der Waals surface area contributed by atoms with Crippen molar-refractivity contribution in [2.45, 2.75) is 13.3 Å². The number of hydrogen-bond acceptors (Lipinski definition) is 2. The van der Waals surface area contributed by atoms with Gasteiger partial charge in [-0.3, -0.25) is 4.79 Å². The zero-order valence-corrected chi connectivity index (χ0v) is 9.38. The number of anilines is 1. The van der Waals surface area contributed by atoms with Crippen molar-refractivity contribution in [3.63, 3.8) is 0 Å². The van der Waals surface area contributed by atoms with E-state index in [1.807, 2.05) is 12.1 Å². The molecule has 0 aliphatic rings. The van der Waals surface area contributed by atoms with Gasteiger partial charge in [0, 0.05) is 5.69 Å². The highest BCUT2D eigenvalue weighted by Crippen LogP contribution is 2.15. The van der Waals surface area contributed by atoms with Crippen molar-refractivity contribution in [1.29, 1.82) is 0 Å². The van der Waals surface area contributed by atoms with Gasteiger partial charge in [0.2, 0.25) is 5.91 Å². The van der Waals surface area contributed by atoms with E-state index in [1.54, 1.807) is 12.1 Å². The molecule has 0 unspecified atom stereocenters. The molecule has 1 aromatic rings. The maximum atomic E-state index is 11.0. The van der Waals surface area contributed by atoms with Gasteiger partial charge in [-0.25, -0.2) is 0 Å². The van der Waals surface area contributed by atoms with Gasteiger partial charge >= 0.3 is 0 Å². The van der Waals surface area contributed by atoms with Gasteiger partial charge in [0.25, 0.3) is 0 Å². The fraction of sp³-hybridized carbons (Fsp3) is 0.364. The van der Waals surface area contributed by atoms with E-state index < -0.39 is 0 Å². The number of hydrogen-bond donors (Lipinski definition) is 1. The summed E-state index contributed by atoms with van der Waals surface area (Å²) < 4.78 is 5.40. The Labute approximate surface area is 94.4 Å². The lowest BCUT2D eigenvalue weighted by Crippen LogP contribution is -2.12. The first kappa shape index (κ1) is 11.9. The summed E-state index contributed by atoms with van der Waals surface area (Å²) in [5, 5.41) is 2.65. The van der Waals surface area contributed by atoms with E-state index >= 15 is 0 Å². The second-order valence-corrected chi connectivity index (χ2v) is 3.32. The van der Waals surface area contributed by atoms with E-state index in [-0.39, 0.29) is 11.8 Å². The Hall–Kier alpha value is -1.22. The molecular weight excluding hydrogens is 214 g/mol. The largest absolute Gasteiger partial charge is 0.494 e. The molecule has 1 amide bonds. The molecule has 15 heavy (non-hydrogen) atoms. The second-order valence-electron chi connectivity index (χ2n) is 3.05. The summed E-state index contributed by atoms with van der Waals surface area (Å²) in [5.74, 6) is 0.563. The van der Waals surface area contributed by atoms with Crippen LogP contribution in [0, 0.1) is 0 Å². The first-order chi connectivity index (χ1) is 7.26. The van der Waals surface area contributed by atoms with Crippen LogP contribution in [0.15, 0.2) is 24.3 Å². The third-order valence-electron chi connectivity index (χ3n) is 1.73. The smallest absolute Gasteiger partial charge is 0.239 e. The maximum absolute atomic E-state index is 11.0. The summed E-state index contributed by atoms with van der Waals surface area (Å²) in [4.78, 5) is 11.0. The lowest BCUT2D eigenvalue weighted by molar-refractivity contribution is -0.113. The summed E-state index contributed by atoms with van der Waals surface area (Å²) in [7, 11) is 0. The van der Waals surface area contributed by atoms with Crippen molar-refractivity contribution in [2.24, 2.45) is 0 Å². The molecule has 1 aromatic carbocycles. The third-order valence-corrected chi connectivity index (χ3v) is 1.98. The molecule has 0 aromatic heterocycles. The summed E-state index contributed by atoms with van der Waals surface area (Å²) in [6.07, 6.45) is 0.977. The molecule has 0 heterocycles. The van der Waals surface area contributed by atoms with Gasteiger partial charge in [-0.1, -0.05) is 6.92 Å². The van der Waals surface area contributed by atoms with Gasteiger partial charge in [0.15, 0.2) is 0 Å². The Morgan fingerprint density at radius 2 is 2.07 bits per heavy atom. The first-order valence-corrected chi connectivity index (χ1v) is 5.38. The number of carbonyl (C=O) groups excluding carboxylic acids is 1. The third kappa shape index (κ3) is 4.21. The summed E-state index contributed by atoms with van der Waals surface area (Å²) in [6.45, 7) is 2.75. The number of halogens is 1. The van der Waals surface area contributed by atoms with Crippen molar-refractivity contribution < 1.29 is 9.53 Å². The molecule has 1 N–H and O–H groups in total. The fourth-order valence-corrected chi connectivity index (χ4v) is 1.12. The number of carbonyl (C=O) groups is 1. The van der Waals surface area contributed by atoms with Crippen LogP contribution >= 0.6 is 11.6 Å². The summed E-state index contributed by atoms with van der Waals surface area (Å²) in [6, 6.07) is 7.21. The average molecular weight is 228 g/mol. The Morgan fingerprint density at radius 1 is 1.40 bits per heavy atom. The van der Waals surface area contributed by atoms with Crippen LogP contribution in [0.2, 0.25) is 0 Å². The number of rotatable bonds is 5. The Morgan fingerprint density at radius 3 is 2.60 bits per heavy atom. The van der Waals surface area contributed by atoms with Gasteiger partial charge in [0.1, 0.15) is 11.6 Å². The van der Waals surface area contributed by atoms with E-state index in [0.717, 1.165) is 17.9 Å². The van der Waals surface area contributed by atoms with Crippen LogP contribution in [0.5, 0.6) is 5.75 Å². The van der Waals surface area contributed by atoms with Gasteiger partial charge in [-0.05, 0) is 30.7 Å².